The van der Waals surface area contributed by atoms with Gasteiger partial charge in [-0.2, -0.15) is 0 Å². The lowest BCUT2D eigenvalue weighted by Gasteiger charge is -2.21. The second-order valence-corrected chi connectivity index (χ2v) is 5.25. The first-order valence-corrected chi connectivity index (χ1v) is 6.81. The molecule has 0 amide bonds. The molecule has 0 aliphatic heterocycles. The first-order valence-electron chi connectivity index (χ1n) is 6.44. The van der Waals surface area contributed by atoms with E-state index in [-0.39, 0.29) is 22.9 Å². The zero-order valence-corrected chi connectivity index (χ0v) is 12.1. The molecule has 0 aromatic heterocycles. The maximum absolute atomic E-state index is 13.4. The van der Waals surface area contributed by atoms with E-state index in [0.717, 1.165) is 11.1 Å². The summed E-state index contributed by atoms with van der Waals surface area (Å²) in [5, 5.41) is 3.42. The molecule has 0 aliphatic carbocycles. The standard InChI is InChI=1S/C16H16ClF2N/c1-10(12-4-3-5-14(18)8-12)20-11(2)13-6-7-15(17)16(19)9-13/h3-11,20H,1-2H3. The van der Waals surface area contributed by atoms with Gasteiger partial charge in [0.2, 0.25) is 0 Å². The van der Waals surface area contributed by atoms with Crippen molar-refractivity contribution in [2.45, 2.75) is 25.9 Å². The second kappa shape index (κ2) is 6.33. The van der Waals surface area contributed by atoms with Crippen LogP contribution in [-0.2, 0) is 0 Å². The minimum Gasteiger partial charge on any atom is -0.304 e. The number of hydrogen-bond donors (Lipinski definition) is 1. The Hall–Kier alpha value is -1.45. The zero-order chi connectivity index (χ0) is 14.7. The fourth-order valence-corrected chi connectivity index (χ4v) is 2.24. The molecule has 2 unspecified atom stereocenters. The summed E-state index contributed by atoms with van der Waals surface area (Å²) in [6, 6.07) is 11.1. The van der Waals surface area contributed by atoms with E-state index in [4.69, 9.17) is 11.6 Å². The van der Waals surface area contributed by atoms with Crippen molar-refractivity contribution in [2.75, 3.05) is 0 Å². The third-order valence-electron chi connectivity index (χ3n) is 3.29. The molecule has 2 rings (SSSR count). The van der Waals surface area contributed by atoms with Crippen LogP contribution in [0.25, 0.3) is 0 Å². The van der Waals surface area contributed by atoms with E-state index in [1.807, 2.05) is 19.9 Å². The number of hydrogen-bond acceptors (Lipinski definition) is 1. The summed E-state index contributed by atoms with van der Waals surface area (Å²) < 4.78 is 26.6. The van der Waals surface area contributed by atoms with Crippen LogP contribution in [0.1, 0.15) is 37.1 Å². The molecule has 0 bridgehead atoms. The highest BCUT2D eigenvalue weighted by Crippen LogP contribution is 2.23. The molecule has 4 heteroatoms. The molecule has 1 N–H and O–H groups in total. The van der Waals surface area contributed by atoms with Crippen molar-refractivity contribution < 1.29 is 8.78 Å². The van der Waals surface area contributed by atoms with E-state index in [1.54, 1.807) is 12.1 Å². The van der Waals surface area contributed by atoms with Gasteiger partial charge in [0.05, 0.1) is 5.02 Å². The Labute approximate surface area is 122 Å². The molecule has 2 aromatic rings. The summed E-state index contributed by atoms with van der Waals surface area (Å²) in [5.41, 5.74) is 1.65. The topological polar surface area (TPSA) is 12.0 Å². The van der Waals surface area contributed by atoms with Crippen LogP contribution in [0.3, 0.4) is 0 Å². The molecule has 0 saturated heterocycles. The van der Waals surface area contributed by atoms with Crippen molar-refractivity contribution in [3.63, 3.8) is 0 Å². The monoisotopic (exact) mass is 295 g/mol. The molecule has 0 aliphatic rings. The van der Waals surface area contributed by atoms with Gasteiger partial charge in [0.25, 0.3) is 0 Å². The van der Waals surface area contributed by atoms with E-state index in [2.05, 4.69) is 5.32 Å². The van der Waals surface area contributed by atoms with Crippen LogP contribution in [0.4, 0.5) is 8.78 Å². The number of benzene rings is 2. The van der Waals surface area contributed by atoms with Crippen LogP contribution < -0.4 is 5.32 Å². The van der Waals surface area contributed by atoms with E-state index in [1.165, 1.54) is 24.3 Å². The highest BCUT2D eigenvalue weighted by molar-refractivity contribution is 6.30. The van der Waals surface area contributed by atoms with Crippen LogP contribution in [-0.4, -0.2) is 0 Å². The Bertz CT molecular complexity index is 601. The van der Waals surface area contributed by atoms with Crippen molar-refractivity contribution in [1.82, 2.24) is 5.32 Å². The Morgan fingerprint density at radius 3 is 2.20 bits per heavy atom. The summed E-state index contributed by atoms with van der Waals surface area (Å²) in [5.74, 6) is -0.697. The van der Waals surface area contributed by atoms with Crippen LogP contribution >= 0.6 is 11.6 Å². The molecule has 0 radical (unpaired) electrons. The average Bonchev–Trinajstić information content (AvgIpc) is 2.41. The third kappa shape index (κ3) is 3.56. The lowest BCUT2D eigenvalue weighted by Crippen LogP contribution is -2.22. The van der Waals surface area contributed by atoms with Crippen molar-refractivity contribution in [2.24, 2.45) is 0 Å². The van der Waals surface area contributed by atoms with Gasteiger partial charge in [-0.05, 0) is 49.2 Å². The maximum Gasteiger partial charge on any atom is 0.142 e. The summed E-state index contributed by atoms with van der Waals surface area (Å²) in [6.45, 7) is 3.87. The Morgan fingerprint density at radius 2 is 1.60 bits per heavy atom. The highest BCUT2D eigenvalue weighted by atomic mass is 35.5. The van der Waals surface area contributed by atoms with Crippen molar-refractivity contribution in [3.8, 4) is 0 Å². The molecule has 0 heterocycles. The maximum atomic E-state index is 13.4. The Morgan fingerprint density at radius 1 is 0.950 bits per heavy atom. The number of rotatable bonds is 4. The van der Waals surface area contributed by atoms with Gasteiger partial charge in [-0.15, -0.1) is 0 Å². The zero-order valence-electron chi connectivity index (χ0n) is 11.3. The van der Waals surface area contributed by atoms with Gasteiger partial charge in [0, 0.05) is 12.1 Å². The minimum absolute atomic E-state index is 0.0422. The van der Waals surface area contributed by atoms with Crippen molar-refractivity contribution in [1.29, 1.82) is 0 Å². The van der Waals surface area contributed by atoms with Gasteiger partial charge in [-0.1, -0.05) is 29.8 Å². The first-order chi connectivity index (χ1) is 9.47. The largest absolute Gasteiger partial charge is 0.304 e. The summed E-state index contributed by atoms with van der Waals surface area (Å²) in [4.78, 5) is 0. The molecule has 2 atom stereocenters. The smallest absolute Gasteiger partial charge is 0.142 e. The lowest BCUT2D eigenvalue weighted by atomic mass is 10.0. The normalized spacial score (nSPS) is 14.1. The molecule has 20 heavy (non-hydrogen) atoms. The highest BCUT2D eigenvalue weighted by Gasteiger charge is 2.13. The van der Waals surface area contributed by atoms with E-state index < -0.39 is 5.82 Å². The molecule has 1 nitrogen and oxygen atoms in total. The molecule has 106 valence electrons. The third-order valence-corrected chi connectivity index (χ3v) is 3.60. The van der Waals surface area contributed by atoms with Gasteiger partial charge in [-0.3, -0.25) is 0 Å². The van der Waals surface area contributed by atoms with Crippen LogP contribution in [0.2, 0.25) is 5.02 Å². The summed E-state index contributed by atoms with van der Waals surface area (Å²) >= 11 is 5.67. The van der Waals surface area contributed by atoms with E-state index >= 15 is 0 Å². The second-order valence-electron chi connectivity index (χ2n) is 4.84. The number of nitrogens with one attached hydrogen (secondary N) is 1. The van der Waals surface area contributed by atoms with E-state index in [9.17, 15) is 8.78 Å². The average molecular weight is 296 g/mol. The lowest BCUT2D eigenvalue weighted by molar-refractivity contribution is 0.489. The van der Waals surface area contributed by atoms with Gasteiger partial charge in [0.1, 0.15) is 11.6 Å². The predicted octanol–water partition coefficient (Wildman–Crippen LogP) is 5.03. The predicted molar refractivity (Wildman–Crippen MR) is 77.8 cm³/mol. The van der Waals surface area contributed by atoms with Gasteiger partial charge in [0.15, 0.2) is 0 Å². The van der Waals surface area contributed by atoms with Crippen LogP contribution in [0.5, 0.6) is 0 Å². The van der Waals surface area contributed by atoms with Gasteiger partial charge >= 0.3 is 0 Å². The van der Waals surface area contributed by atoms with Gasteiger partial charge in [-0.25, -0.2) is 8.78 Å². The molecular weight excluding hydrogens is 280 g/mol. The Balaban J connectivity index is 2.10. The van der Waals surface area contributed by atoms with Crippen LogP contribution in [0, 0.1) is 11.6 Å². The fraction of sp³-hybridized carbons (Fsp3) is 0.250. The quantitative estimate of drug-likeness (QED) is 0.834. The fourth-order valence-electron chi connectivity index (χ4n) is 2.13. The first kappa shape index (κ1) is 14.9. The molecular formula is C16H16ClF2N. The summed E-state index contributed by atoms with van der Waals surface area (Å²) in [7, 11) is 0. The SMILES string of the molecule is CC(NC(C)c1ccc(Cl)c(F)c1)c1cccc(F)c1. The van der Waals surface area contributed by atoms with E-state index in [0.29, 0.717) is 0 Å². The van der Waals surface area contributed by atoms with Crippen molar-refractivity contribution >= 4 is 11.6 Å². The summed E-state index contributed by atoms with van der Waals surface area (Å²) in [6.07, 6.45) is 0. The van der Waals surface area contributed by atoms with Crippen LogP contribution in [0.15, 0.2) is 42.5 Å². The minimum atomic E-state index is -0.434. The molecule has 0 fully saturated rings. The molecule has 0 saturated carbocycles. The number of halogens is 3. The molecule has 0 spiro atoms. The van der Waals surface area contributed by atoms with Gasteiger partial charge < -0.3 is 5.32 Å². The Kier molecular flexibility index (Phi) is 4.73. The van der Waals surface area contributed by atoms with Crippen molar-refractivity contribution in [3.05, 3.63) is 70.2 Å². The molecule has 2 aromatic carbocycles.